The Morgan fingerprint density at radius 3 is 2.43 bits per heavy atom. The third-order valence-corrected chi connectivity index (χ3v) is 3.99. The second-order valence-corrected chi connectivity index (χ2v) is 7.14. The van der Waals surface area contributed by atoms with E-state index in [1.807, 2.05) is 19.0 Å². The summed E-state index contributed by atoms with van der Waals surface area (Å²) in [5, 5.41) is 3.86. The Bertz CT molecular complexity index is 707. The molecule has 0 bridgehead atoms. The van der Waals surface area contributed by atoms with E-state index >= 15 is 0 Å². The van der Waals surface area contributed by atoms with Crippen molar-refractivity contribution in [3.63, 3.8) is 0 Å². The summed E-state index contributed by atoms with van der Waals surface area (Å²) in [5.74, 6) is 0.741. The molecule has 1 aromatic carbocycles. The van der Waals surface area contributed by atoms with E-state index in [0.29, 0.717) is 23.8 Å². The van der Waals surface area contributed by atoms with Crippen molar-refractivity contribution in [2.45, 2.75) is 10.9 Å². The largest absolute Gasteiger partial charge is 0.334 e. The molecule has 0 fully saturated rings. The average Bonchev–Trinajstić information content (AvgIpc) is 2.86. The van der Waals surface area contributed by atoms with Gasteiger partial charge in [-0.2, -0.15) is 4.98 Å². The summed E-state index contributed by atoms with van der Waals surface area (Å²) < 4.78 is 28.0. The fourth-order valence-corrected chi connectivity index (χ4v) is 2.45. The zero-order chi connectivity index (χ0) is 15.6. The highest BCUT2D eigenvalue weighted by atomic mass is 32.2. The molecule has 8 heteroatoms. The lowest BCUT2D eigenvalue weighted by atomic mass is 10.2. The predicted octanol–water partition coefficient (Wildman–Crippen LogP) is 0.701. The van der Waals surface area contributed by atoms with Gasteiger partial charge in [0.15, 0.2) is 15.7 Å². The van der Waals surface area contributed by atoms with Gasteiger partial charge in [-0.3, -0.25) is 0 Å². The summed E-state index contributed by atoms with van der Waals surface area (Å²) >= 11 is 0. The lowest BCUT2D eigenvalue weighted by molar-refractivity contribution is 0.357. The van der Waals surface area contributed by atoms with Crippen LogP contribution in [0.1, 0.15) is 11.9 Å². The Labute approximate surface area is 123 Å². The molecule has 1 aromatic heterocycles. The molecule has 2 aromatic rings. The Hall–Kier alpha value is -1.77. The third kappa shape index (κ3) is 3.87. The predicted molar refractivity (Wildman–Crippen MR) is 78.3 cm³/mol. The van der Waals surface area contributed by atoms with E-state index in [9.17, 15) is 8.42 Å². The van der Waals surface area contributed by atoms with Crippen molar-refractivity contribution < 1.29 is 12.9 Å². The number of aromatic nitrogens is 2. The van der Waals surface area contributed by atoms with Crippen molar-refractivity contribution in [2.24, 2.45) is 5.73 Å². The highest BCUT2D eigenvalue weighted by Gasteiger charge is 2.16. The van der Waals surface area contributed by atoms with Crippen LogP contribution in [-0.2, 0) is 9.84 Å². The minimum absolute atomic E-state index is 0.246. The van der Waals surface area contributed by atoms with Crippen LogP contribution in [0.5, 0.6) is 0 Å². The second kappa shape index (κ2) is 5.92. The number of nitrogens with zero attached hydrogens (tertiary/aromatic N) is 3. The average molecular weight is 310 g/mol. The van der Waals surface area contributed by atoms with Gasteiger partial charge in [-0.05, 0) is 38.4 Å². The molecule has 0 saturated heterocycles. The maximum atomic E-state index is 11.4. The number of rotatable bonds is 5. The van der Waals surface area contributed by atoms with Crippen LogP contribution >= 0.6 is 0 Å². The molecule has 0 spiro atoms. The minimum Gasteiger partial charge on any atom is -0.334 e. The molecule has 114 valence electrons. The summed E-state index contributed by atoms with van der Waals surface area (Å²) in [7, 11) is 0.599. The fraction of sp³-hybridized carbons (Fsp3) is 0.385. The first kappa shape index (κ1) is 15.6. The monoisotopic (exact) mass is 310 g/mol. The van der Waals surface area contributed by atoms with Crippen LogP contribution in [-0.4, -0.2) is 50.4 Å². The molecule has 21 heavy (non-hydrogen) atoms. The lowest BCUT2D eigenvalue weighted by Gasteiger charge is -2.12. The van der Waals surface area contributed by atoms with Gasteiger partial charge in [0.05, 0.1) is 10.9 Å². The van der Waals surface area contributed by atoms with Crippen LogP contribution < -0.4 is 5.73 Å². The van der Waals surface area contributed by atoms with Gasteiger partial charge in [0, 0.05) is 18.4 Å². The van der Waals surface area contributed by atoms with E-state index < -0.39 is 9.84 Å². The highest BCUT2D eigenvalue weighted by Crippen LogP contribution is 2.21. The van der Waals surface area contributed by atoms with E-state index in [-0.39, 0.29) is 10.9 Å². The number of hydrogen-bond acceptors (Lipinski definition) is 7. The van der Waals surface area contributed by atoms with Gasteiger partial charge >= 0.3 is 0 Å². The molecule has 0 radical (unpaired) electrons. The van der Waals surface area contributed by atoms with Gasteiger partial charge in [-0.25, -0.2) is 8.42 Å². The van der Waals surface area contributed by atoms with Crippen LogP contribution in [0.4, 0.5) is 0 Å². The van der Waals surface area contributed by atoms with Gasteiger partial charge in [-0.1, -0.05) is 5.16 Å². The standard InChI is InChI=1S/C13H18N4O3S/c1-17(2)8-11(14)12-15-13(20-16-12)9-4-6-10(7-5-9)21(3,18)19/h4-7,11H,8,14H2,1-3H3. The molecule has 2 rings (SSSR count). The number of benzene rings is 1. The smallest absolute Gasteiger partial charge is 0.257 e. The quantitative estimate of drug-likeness (QED) is 0.867. The first-order valence-electron chi connectivity index (χ1n) is 6.32. The summed E-state index contributed by atoms with van der Waals surface area (Å²) in [6.07, 6.45) is 1.16. The fourth-order valence-electron chi connectivity index (χ4n) is 1.82. The van der Waals surface area contributed by atoms with Crippen LogP contribution in [0, 0.1) is 0 Å². The number of nitrogens with two attached hydrogens (primary N) is 1. The first-order valence-corrected chi connectivity index (χ1v) is 8.21. The topological polar surface area (TPSA) is 102 Å². The van der Waals surface area contributed by atoms with Crippen LogP contribution in [0.15, 0.2) is 33.7 Å². The van der Waals surface area contributed by atoms with E-state index in [4.69, 9.17) is 10.3 Å². The molecule has 0 aliphatic carbocycles. The summed E-state index contributed by atoms with van der Waals surface area (Å²) in [5.41, 5.74) is 6.61. The molecule has 1 atom stereocenters. The molecular formula is C13H18N4O3S. The van der Waals surface area contributed by atoms with Crippen molar-refractivity contribution >= 4 is 9.84 Å². The Kier molecular flexibility index (Phi) is 4.40. The zero-order valence-corrected chi connectivity index (χ0v) is 13.0. The number of hydrogen-bond donors (Lipinski definition) is 1. The Balaban J connectivity index is 2.22. The number of likely N-dealkylation sites (N-methyl/N-ethyl adjacent to an activating group) is 1. The molecule has 7 nitrogen and oxygen atoms in total. The molecule has 2 N–H and O–H groups in total. The van der Waals surface area contributed by atoms with Crippen molar-refractivity contribution in [1.82, 2.24) is 15.0 Å². The summed E-state index contributed by atoms with van der Waals surface area (Å²) in [4.78, 5) is 6.42. The van der Waals surface area contributed by atoms with Gasteiger partial charge in [-0.15, -0.1) is 0 Å². The Morgan fingerprint density at radius 2 is 1.90 bits per heavy atom. The molecule has 0 saturated carbocycles. The van der Waals surface area contributed by atoms with Crippen LogP contribution in [0.25, 0.3) is 11.5 Å². The van der Waals surface area contributed by atoms with E-state index in [1.165, 1.54) is 12.1 Å². The van der Waals surface area contributed by atoms with Gasteiger partial charge in [0.2, 0.25) is 0 Å². The highest BCUT2D eigenvalue weighted by molar-refractivity contribution is 7.90. The van der Waals surface area contributed by atoms with Crippen molar-refractivity contribution in [3.05, 3.63) is 30.1 Å². The van der Waals surface area contributed by atoms with Crippen molar-refractivity contribution in [1.29, 1.82) is 0 Å². The lowest BCUT2D eigenvalue weighted by Crippen LogP contribution is -2.26. The van der Waals surface area contributed by atoms with Crippen LogP contribution in [0.2, 0.25) is 0 Å². The van der Waals surface area contributed by atoms with E-state index in [1.54, 1.807) is 12.1 Å². The molecule has 0 amide bonds. The van der Waals surface area contributed by atoms with Crippen molar-refractivity contribution in [3.8, 4) is 11.5 Å². The van der Waals surface area contributed by atoms with E-state index in [2.05, 4.69) is 10.1 Å². The molecule has 0 aliphatic rings. The molecule has 1 unspecified atom stereocenters. The summed E-state index contributed by atoms with van der Waals surface area (Å²) in [6.45, 7) is 0.603. The number of sulfone groups is 1. The van der Waals surface area contributed by atoms with Crippen molar-refractivity contribution in [2.75, 3.05) is 26.9 Å². The molecule has 0 aliphatic heterocycles. The third-order valence-electron chi connectivity index (χ3n) is 2.86. The normalized spacial score (nSPS) is 13.6. The summed E-state index contributed by atoms with van der Waals surface area (Å²) in [6, 6.07) is 5.94. The first-order chi connectivity index (χ1) is 9.77. The maximum Gasteiger partial charge on any atom is 0.257 e. The molecular weight excluding hydrogens is 292 g/mol. The van der Waals surface area contributed by atoms with Gasteiger partial charge in [0.25, 0.3) is 5.89 Å². The second-order valence-electron chi connectivity index (χ2n) is 5.12. The van der Waals surface area contributed by atoms with Gasteiger partial charge in [0.1, 0.15) is 0 Å². The van der Waals surface area contributed by atoms with Gasteiger partial charge < -0.3 is 15.2 Å². The maximum absolute atomic E-state index is 11.4. The van der Waals surface area contributed by atoms with E-state index in [0.717, 1.165) is 6.26 Å². The molecule has 1 heterocycles. The SMILES string of the molecule is CN(C)CC(N)c1noc(-c2ccc(S(C)(=O)=O)cc2)n1. The zero-order valence-electron chi connectivity index (χ0n) is 12.1. The Morgan fingerprint density at radius 1 is 1.29 bits per heavy atom. The minimum atomic E-state index is -3.22. The van der Waals surface area contributed by atoms with Crippen LogP contribution in [0.3, 0.4) is 0 Å².